The summed E-state index contributed by atoms with van der Waals surface area (Å²) in [6.07, 6.45) is 3.91. The maximum absolute atomic E-state index is 13.2. The van der Waals surface area contributed by atoms with E-state index < -0.39 is 0 Å². The molecule has 0 saturated heterocycles. The van der Waals surface area contributed by atoms with Crippen molar-refractivity contribution in [3.63, 3.8) is 0 Å². The molecule has 1 aromatic carbocycles. The number of carbonyl (C=O) groups is 1. The van der Waals surface area contributed by atoms with Crippen molar-refractivity contribution in [3.05, 3.63) is 59.7 Å². The van der Waals surface area contributed by atoms with E-state index in [0.29, 0.717) is 11.6 Å². The van der Waals surface area contributed by atoms with Gasteiger partial charge in [-0.1, -0.05) is 6.07 Å². The summed E-state index contributed by atoms with van der Waals surface area (Å²) in [7, 11) is 1.99. The van der Waals surface area contributed by atoms with E-state index in [0.717, 1.165) is 35.4 Å². The molecule has 0 bridgehead atoms. The highest BCUT2D eigenvalue weighted by molar-refractivity contribution is 5.98. The van der Waals surface area contributed by atoms with Gasteiger partial charge in [-0.05, 0) is 57.0 Å². The maximum Gasteiger partial charge on any atom is 0.254 e. The van der Waals surface area contributed by atoms with Gasteiger partial charge in [0.15, 0.2) is 0 Å². The number of benzene rings is 1. The standard InChI is InChI=1S/C20H22N4O/c1-13(17-6-4-5-11-21-17)24(16-8-9-16)20(25)15-7-10-19-18(12-15)22-14(2)23(19)3/h4-7,10-13,16H,8-9H2,1-3H3/t13-/m1/s1. The van der Waals surface area contributed by atoms with Crippen LogP contribution in [0.4, 0.5) is 0 Å². The van der Waals surface area contributed by atoms with Crippen LogP contribution in [0.1, 0.15) is 47.7 Å². The van der Waals surface area contributed by atoms with Gasteiger partial charge >= 0.3 is 0 Å². The largest absolute Gasteiger partial charge is 0.331 e. The first kappa shape index (κ1) is 15.8. The number of aromatic nitrogens is 3. The van der Waals surface area contributed by atoms with E-state index in [9.17, 15) is 4.79 Å². The third kappa shape index (κ3) is 2.80. The summed E-state index contributed by atoms with van der Waals surface area (Å²) in [6.45, 7) is 4.03. The second kappa shape index (κ2) is 5.99. The molecule has 0 radical (unpaired) electrons. The van der Waals surface area contributed by atoms with Crippen LogP contribution in [0.25, 0.3) is 11.0 Å². The molecule has 0 spiro atoms. The van der Waals surface area contributed by atoms with E-state index in [1.807, 2.05) is 59.8 Å². The molecular formula is C20H22N4O. The van der Waals surface area contributed by atoms with Crippen LogP contribution in [-0.2, 0) is 7.05 Å². The van der Waals surface area contributed by atoms with Gasteiger partial charge in [-0.25, -0.2) is 4.98 Å². The highest BCUT2D eigenvalue weighted by atomic mass is 16.2. The lowest BCUT2D eigenvalue weighted by atomic mass is 10.1. The van der Waals surface area contributed by atoms with Gasteiger partial charge in [-0.15, -0.1) is 0 Å². The summed E-state index contributed by atoms with van der Waals surface area (Å²) in [4.78, 5) is 24.2. The number of fused-ring (bicyclic) bond motifs is 1. The lowest BCUT2D eigenvalue weighted by molar-refractivity contribution is 0.0670. The number of rotatable bonds is 4. The Hall–Kier alpha value is -2.69. The maximum atomic E-state index is 13.2. The van der Waals surface area contributed by atoms with Crippen LogP contribution in [0, 0.1) is 6.92 Å². The molecule has 1 amide bonds. The summed E-state index contributed by atoms with van der Waals surface area (Å²) in [5.41, 5.74) is 3.54. The van der Waals surface area contributed by atoms with Gasteiger partial charge in [0.1, 0.15) is 5.82 Å². The van der Waals surface area contributed by atoms with Crippen molar-refractivity contribution in [1.29, 1.82) is 0 Å². The Morgan fingerprint density at radius 2 is 2.08 bits per heavy atom. The van der Waals surface area contributed by atoms with Crippen molar-refractivity contribution in [2.75, 3.05) is 0 Å². The number of aryl methyl sites for hydroxylation is 2. The quantitative estimate of drug-likeness (QED) is 0.732. The second-order valence-electron chi connectivity index (χ2n) is 6.80. The van der Waals surface area contributed by atoms with Crippen molar-refractivity contribution in [1.82, 2.24) is 19.4 Å². The number of amides is 1. The Kier molecular flexibility index (Phi) is 3.79. The molecule has 1 saturated carbocycles. The van der Waals surface area contributed by atoms with Crippen LogP contribution in [0.3, 0.4) is 0 Å². The van der Waals surface area contributed by atoms with Crippen LogP contribution < -0.4 is 0 Å². The number of hydrogen-bond donors (Lipinski definition) is 0. The number of imidazole rings is 1. The molecule has 1 atom stereocenters. The first-order valence-electron chi connectivity index (χ1n) is 8.73. The minimum absolute atomic E-state index is 0.0395. The van der Waals surface area contributed by atoms with Crippen molar-refractivity contribution < 1.29 is 4.79 Å². The van der Waals surface area contributed by atoms with Crippen LogP contribution in [0.15, 0.2) is 42.6 Å². The van der Waals surface area contributed by atoms with Crippen LogP contribution in [0.2, 0.25) is 0 Å². The van der Waals surface area contributed by atoms with Gasteiger partial charge in [0, 0.05) is 24.8 Å². The molecule has 1 aliphatic rings. The lowest BCUT2D eigenvalue weighted by Crippen LogP contribution is -2.35. The monoisotopic (exact) mass is 334 g/mol. The highest BCUT2D eigenvalue weighted by Gasteiger charge is 2.37. The first-order valence-corrected chi connectivity index (χ1v) is 8.73. The van der Waals surface area contributed by atoms with Gasteiger partial charge in [0.2, 0.25) is 0 Å². The Labute approximate surface area is 147 Å². The van der Waals surface area contributed by atoms with Crippen molar-refractivity contribution in [2.45, 2.75) is 38.8 Å². The average Bonchev–Trinajstić information content (AvgIpc) is 3.42. The van der Waals surface area contributed by atoms with Gasteiger partial charge in [0.05, 0.1) is 22.8 Å². The summed E-state index contributed by atoms with van der Waals surface area (Å²) in [5.74, 6) is 1.01. The minimum atomic E-state index is -0.0395. The molecular weight excluding hydrogens is 312 g/mol. The van der Waals surface area contributed by atoms with Crippen molar-refractivity contribution in [2.24, 2.45) is 7.05 Å². The third-order valence-corrected chi connectivity index (χ3v) is 5.06. The van der Waals surface area contributed by atoms with Crippen molar-refractivity contribution >= 4 is 16.9 Å². The van der Waals surface area contributed by atoms with Crippen LogP contribution in [0.5, 0.6) is 0 Å². The van der Waals surface area contributed by atoms with E-state index in [1.54, 1.807) is 6.20 Å². The molecule has 5 nitrogen and oxygen atoms in total. The Morgan fingerprint density at radius 3 is 2.76 bits per heavy atom. The molecule has 0 N–H and O–H groups in total. The molecule has 2 heterocycles. The Morgan fingerprint density at radius 1 is 1.28 bits per heavy atom. The molecule has 0 aliphatic heterocycles. The lowest BCUT2D eigenvalue weighted by Gasteiger charge is -2.29. The topological polar surface area (TPSA) is 51.0 Å². The summed E-state index contributed by atoms with van der Waals surface area (Å²) < 4.78 is 2.04. The Bertz CT molecular complexity index is 928. The van der Waals surface area contributed by atoms with E-state index in [2.05, 4.69) is 16.9 Å². The smallest absolute Gasteiger partial charge is 0.254 e. The fourth-order valence-corrected chi connectivity index (χ4v) is 3.38. The van der Waals surface area contributed by atoms with Gasteiger partial charge in [-0.3, -0.25) is 9.78 Å². The number of nitrogens with zero attached hydrogens (tertiary/aromatic N) is 4. The second-order valence-corrected chi connectivity index (χ2v) is 6.80. The molecule has 3 aromatic rings. The summed E-state index contributed by atoms with van der Waals surface area (Å²) in [5, 5.41) is 0. The predicted molar refractivity (Wildman–Crippen MR) is 97.3 cm³/mol. The molecule has 1 fully saturated rings. The molecule has 4 rings (SSSR count). The van der Waals surface area contributed by atoms with E-state index in [-0.39, 0.29) is 11.9 Å². The van der Waals surface area contributed by atoms with E-state index in [4.69, 9.17) is 0 Å². The molecule has 5 heteroatoms. The highest BCUT2D eigenvalue weighted by Crippen LogP contribution is 2.35. The Balaban J connectivity index is 1.69. The van der Waals surface area contributed by atoms with Gasteiger partial charge in [0.25, 0.3) is 5.91 Å². The number of hydrogen-bond acceptors (Lipinski definition) is 3. The first-order chi connectivity index (χ1) is 12.1. The molecule has 2 aromatic heterocycles. The molecule has 1 aliphatic carbocycles. The molecule has 0 unspecified atom stereocenters. The van der Waals surface area contributed by atoms with E-state index in [1.165, 1.54) is 0 Å². The molecule has 128 valence electrons. The normalized spacial score (nSPS) is 15.3. The van der Waals surface area contributed by atoms with Gasteiger partial charge < -0.3 is 9.47 Å². The summed E-state index contributed by atoms with van der Waals surface area (Å²) >= 11 is 0. The van der Waals surface area contributed by atoms with Crippen LogP contribution >= 0.6 is 0 Å². The minimum Gasteiger partial charge on any atom is -0.331 e. The van der Waals surface area contributed by atoms with E-state index >= 15 is 0 Å². The zero-order valence-corrected chi connectivity index (χ0v) is 14.8. The molecule has 25 heavy (non-hydrogen) atoms. The van der Waals surface area contributed by atoms with Crippen LogP contribution in [-0.4, -0.2) is 31.4 Å². The average molecular weight is 334 g/mol. The zero-order chi connectivity index (χ0) is 17.6. The zero-order valence-electron chi connectivity index (χ0n) is 14.8. The van der Waals surface area contributed by atoms with Gasteiger partial charge in [-0.2, -0.15) is 0 Å². The predicted octanol–water partition coefficient (Wildman–Crippen LogP) is 3.64. The summed E-state index contributed by atoms with van der Waals surface area (Å²) in [6, 6.07) is 11.9. The van der Waals surface area contributed by atoms with Crippen molar-refractivity contribution in [3.8, 4) is 0 Å². The fraction of sp³-hybridized carbons (Fsp3) is 0.350. The fourth-order valence-electron chi connectivity index (χ4n) is 3.38. The number of carbonyl (C=O) groups excluding carboxylic acids is 1. The third-order valence-electron chi connectivity index (χ3n) is 5.06. The number of pyridine rings is 1. The SMILES string of the molecule is Cc1nc2cc(C(=O)N(C3CC3)[C@H](C)c3ccccn3)ccc2n1C.